The van der Waals surface area contributed by atoms with Crippen molar-refractivity contribution in [1.29, 1.82) is 0 Å². The highest BCUT2D eigenvalue weighted by molar-refractivity contribution is 6.26. The topological polar surface area (TPSA) is 34.1 Å². The van der Waals surface area contributed by atoms with Crippen molar-refractivity contribution in [2.45, 2.75) is 78.1 Å². The lowest BCUT2D eigenvalue weighted by atomic mass is 9.45. The molecule has 2 nitrogen and oxygen atoms in total. The van der Waals surface area contributed by atoms with Crippen molar-refractivity contribution < 1.29 is 9.59 Å². The smallest absolute Gasteiger partial charge is 0.198 e. The summed E-state index contributed by atoms with van der Waals surface area (Å²) in [6, 6.07) is 0. The van der Waals surface area contributed by atoms with Gasteiger partial charge in [0.2, 0.25) is 0 Å². The van der Waals surface area contributed by atoms with E-state index in [-0.39, 0.29) is 17.1 Å². The monoisotopic (exact) mass is 316 g/mol. The summed E-state index contributed by atoms with van der Waals surface area (Å²) >= 11 is 0. The second kappa shape index (κ2) is 5.43. The predicted molar refractivity (Wildman–Crippen MR) is 90.9 cm³/mol. The molecule has 4 aliphatic rings. The van der Waals surface area contributed by atoms with Crippen LogP contribution in [0.5, 0.6) is 0 Å². The van der Waals surface area contributed by atoms with E-state index >= 15 is 0 Å². The number of fused-ring (bicyclic) bond motifs is 5. The van der Waals surface area contributed by atoms with E-state index in [1.807, 2.05) is 0 Å². The van der Waals surface area contributed by atoms with Gasteiger partial charge in [-0.25, -0.2) is 0 Å². The molecule has 0 saturated heterocycles. The molecule has 4 aliphatic carbocycles. The summed E-state index contributed by atoms with van der Waals surface area (Å²) < 4.78 is 0. The highest BCUT2D eigenvalue weighted by Gasteiger charge is 2.60. The van der Waals surface area contributed by atoms with Crippen LogP contribution in [0.2, 0.25) is 0 Å². The first-order valence-corrected chi connectivity index (χ1v) is 10.00. The third-order valence-electron chi connectivity index (χ3n) is 9.04. The Morgan fingerprint density at radius 2 is 1.65 bits per heavy atom. The van der Waals surface area contributed by atoms with Gasteiger partial charge in [-0.2, -0.15) is 0 Å². The Morgan fingerprint density at radius 3 is 2.43 bits per heavy atom. The summed E-state index contributed by atoms with van der Waals surface area (Å²) in [7, 11) is 0. The van der Waals surface area contributed by atoms with Gasteiger partial charge in [-0.3, -0.25) is 9.59 Å². The summed E-state index contributed by atoms with van der Waals surface area (Å²) in [6.07, 6.45) is 13.8. The van der Waals surface area contributed by atoms with Crippen LogP contribution in [-0.2, 0) is 9.59 Å². The minimum absolute atomic E-state index is 0.0165. The zero-order valence-electron chi connectivity index (χ0n) is 14.9. The van der Waals surface area contributed by atoms with Crippen LogP contribution in [-0.4, -0.2) is 12.1 Å². The van der Waals surface area contributed by atoms with E-state index in [1.165, 1.54) is 57.8 Å². The van der Waals surface area contributed by atoms with Crippen LogP contribution in [0.4, 0.5) is 0 Å². The number of carbonyl (C=O) groups is 2. The van der Waals surface area contributed by atoms with Gasteiger partial charge in [0, 0.05) is 5.92 Å². The minimum Gasteiger partial charge on any atom is -0.295 e. The van der Waals surface area contributed by atoms with Gasteiger partial charge in [0.05, 0.1) is 0 Å². The molecule has 0 spiro atoms. The van der Waals surface area contributed by atoms with E-state index in [2.05, 4.69) is 13.8 Å². The molecule has 7 atom stereocenters. The van der Waals surface area contributed by atoms with E-state index in [0.717, 1.165) is 24.2 Å². The molecule has 0 N–H and O–H groups in total. The van der Waals surface area contributed by atoms with Crippen molar-refractivity contribution >= 4 is 12.1 Å². The molecule has 0 amide bonds. The van der Waals surface area contributed by atoms with Crippen LogP contribution < -0.4 is 0 Å². The number of carbonyl (C=O) groups excluding carboxylic acids is 2. The summed E-state index contributed by atoms with van der Waals surface area (Å²) in [5, 5.41) is 0. The van der Waals surface area contributed by atoms with Crippen LogP contribution in [0.25, 0.3) is 0 Å². The van der Waals surface area contributed by atoms with Crippen molar-refractivity contribution in [3.8, 4) is 0 Å². The first kappa shape index (κ1) is 15.8. The van der Waals surface area contributed by atoms with Crippen molar-refractivity contribution in [1.82, 2.24) is 0 Å². The van der Waals surface area contributed by atoms with Crippen LogP contribution in [0.15, 0.2) is 0 Å². The Kier molecular flexibility index (Phi) is 3.74. The second-order valence-electron chi connectivity index (χ2n) is 9.60. The highest BCUT2D eigenvalue weighted by atomic mass is 16.2. The Balaban J connectivity index is 1.62. The number of ketones is 1. The van der Waals surface area contributed by atoms with Crippen LogP contribution >= 0.6 is 0 Å². The number of aldehydes is 1. The fraction of sp³-hybridized carbons (Fsp3) is 0.905. The van der Waals surface area contributed by atoms with Crippen molar-refractivity contribution in [2.24, 2.45) is 40.4 Å². The Morgan fingerprint density at radius 1 is 0.870 bits per heavy atom. The molecule has 4 rings (SSSR count). The molecule has 4 saturated carbocycles. The van der Waals surface area contributed by atoms with E-state index in [4.69, 9.17) is 0 Å². The maximum Gasteiger partial charge on any atom is 0.198 e. The summed E-state index contributed by atoms with van der Waals surface area (Å²) in [6.45, 7) is 4.93. The lowest BCUT2D eigenvalue weighted by Crippen LogP contribution is -2.53. The van der Waals surface area contributed by atoms with Gasteiger partial charge >= 0.3 is 0 Å². The average Bonchev–Trinajstić information content (AvgIpc) is 2.91. The molecule has 0 aromatic rings. The van der Waals surface area contributed by atoms with Gasteiger partial charge in [-0.15, -0.1) is 0 Å². The van der Waals surface area contributed by atoms with Gasteiger partial charge in [0.1, 0.15) is 0 Å². The zero-order valence-corrected chi connectivity index (χ0v) is 14.9. The normalized spacial score (nSPS) is 52.2. The molecule has 2 heteroatoms. The van der Waals surface area contributed by atoms with E-state index < -0.39 is 0 Å². The SMILES string of the molecule is C[C@]12CC[C@H]3[C@@H](CCC4CCCC[C@@]43C)[C@@H]1CC[C@@H]2C(=O)C=O. The summed E-state index contributed by atoms with van der Waals surface area (Å²) in [5.74, 6) is 3.24. The van der Waals surface area contributed by atoms with E-state index in [0.29, 0.717) is 17.6 Å². The first-order valence-electron chi connectivity index (χ1n) is 10.00. The van der Waals surface area contributed by atoms with E-state index in [1.54, 1.807) is 0 Å². The van der Waals surface area contributed by atoms with Gasteiger partial charge in [-0.1, -0.05) is 26.7 Å². The molecule has 23 heavy (non-hydrogen) atoms. The average molecular weight is 316 g/mol. The highest BCUT2D eigenvalue weighted by Crippen LogP contribution is 2.67. The molecule has 0 aliphatic heterocycles. The maximum atomic E-state index is 12.2. The predicted octanol–water partition coefficient (Wildman–Crippen LogP) is 4.80. The third-order valence-corrected chi connectivity index (χ3v) is 9.04. The molecule has 0 bridgehead atoms. The zero-order chi connectivity index (χ0) is 16.2. The van der Waals surface area contributed by atoms with Gasteiger partial charge in [-0.05, 0) is 85.9 Å². The molecule has 128 valence electrons. The van der Waals surface area contributed by atoms with Gasteiger partial charge in [0.15, 0.2) is 12.1 Å². The lowest BCUT2D eigenvalue weighted by Gasteiger charge is -2.60. The summed E-state index contributed by atoms with van der Waals surface area (Å²) in [4.78, 5) is 23.2. The summed E-state index contributed by atoms with van der Waals surface area (Å²) in [5.41, 5.74) is 0.673. The molecule has 1 unspecified atom stereocenters. The van der Waals surface area contributed by atoms with Crippen molar-refractivity contribution in [3.05, 3.63) is 0 Å². The number of hydrogen-bond acceptors (Lipinski definition) is 2. The molecule has 0 aromatic carbocycles. The molecular weight excluding hydrogens is 284 g/mol. The molecule has 4 fully saturated rings. The first-order chi connectivity index (χ1) is 11.0. The molecule has 0 radical (unpaired) electrons. The van der Waals surface area contributed by atoms with E-state index in [9.17, 15) is 9.59 Å². The van der Waals surface area contributed by atoms with Crippen LogP contribution in [0.3, 0.4) is 0 Å². The Bertz CT molecular complexity index is 512. The number of Topliss-reactive ketones (excluding diaryl/α,β-unsaturated/α-hetero) is 1. The van der Waals surface area contributed by atoms with Crippen LogP contribution in [0.1, 0.15) is 78.1 Å². The quantitative estimate of drug-likeness (QED) is 0.541. The van der Waals surface area contributed by atoms with Crippen molar-refractivity contribution in [3.63, 3.8) is 0 Å². The third kappa shape index (κ3) is 2.12. The molecule has 0 aromatic heterocycles. The standard InChI is InChI=1S/C21H32O2/c1-20-11-4-3-5-14(20)6-7-15-16-8-9-18(19(23)13-22)21(16,2)12-10-17(15)20/h13-18H,3-12H2,1-2H3/t14?,15-,16-,17-,18+,20-,21-/m0/s1. The second-order valence-corrected chi connectivity index (χ2v) is 9.60. The van der Waals surface area contributed by atoms with Crippen molar-refractivity contribution in [2.75, 3.05) is 0 Å². The Hall–Kier alpha value is -0.660. The lowest BCUT2D eigenvalue weighted by molar-refractivity contribution is -0.140. The number of rotatable bonds is 2. The fourth-order valence-electron chi connectivity index (χ4n) is 7.84. The minimum atomic E-state index is -0.119. The molecule has 0 heterocycles. The van der Waals surface area contributed by atoms with Crippen LogP contribution in [0, 0.1) is 40.4 Å². The van der Waals surface area contributed by atoms with Gasteiger partial charge < -0.3 is 0 Å². The van der Waals surface area contributed by atoms with Gasteiger partial charge in [0.25, 0.3) is 0 Å². The molecular formula is C21H32O2. The Labute approximate surface area is 140 Å². The largest absolute Gasteiger partial charge is 0.295 e. The number of hydrogen-bond donors (Lipinski definition) is 0. The maximum absolute atomic E-state index is 12.2. The fourth-order valence-corrected chi connectivity index (χ4v) is 7.84.